The maximum Gasteiger partial charge on any atom is 0.339 e. The summed E-state index contributed by atoms with van der Waals surface area (Å²) in [5, 5.41) is 17.5. The lowest BCUT2D eigenvalue weighted by molar-refractivity contribution is -0.384. The van der Waals surface area contributed by atoms with E-state index in [1.54, 1.807) is 0 Å². The molecule has 0 bridgehead atoms. The molecule has 0 saturated heterocycles. The second kappa shape index (κ2) is 10.2. The van der Waals surface area contributed by atoms with E-state index in [1.807, 2.05) is 0 Å². The van der Waals surface area contributed by atoms with E-state index in [0.717, 1.165) is 18.2 Å². The first-order chi connectivity index (χ1) is 12.8. The average Bonchev–Trinajstić information content (AvgIpc) is 2.63. The van der Waals surface area contributed by atoms with Gasteiger partial charge in [0.25, 0.3) is 5.69 Å². The highest BCUT2D eigenvalue weighted by atomic mass is 16.6. The number of non-ortho nitro benzene ring substituents is 1. The summed E-state index contributed by atoms with van der Waals surface area (Å²) >= 11 is 0. The largest absolute Gasteiger partial charge is 0.459 e. The topological polar surface area (TPSA) is 193 Å². The minimum Gasteiger partial charge on any atom is -0.459 e. The van der Waals surface area contributed by atoms with Crippen molar-refractivity contribution in [2.24, 2.45) is 10.2 Å². The molecule has 142 valence electrons. The molecular formula is C14H15N7O6. The number of ether oxygens (including phenoxy) is 2. The third-order valence-corrected chi connectivity index (χ3v) is 3.07. The van der Waals surface area contributed by atoms with Gasteiger partial charge in [0.1, 0.15) is 12.2 Å². The van der Waals surface area contributed by atoms with E-state index in [2.05, 4.69) is 20.1 Å². The Labute approximate surface area is 152 Å². The molecule has 0 fully saturated rings. The lowest BCUT2D eigenvalue weighted by atomic mass is 10.1. The second-order valence-corrected chi connectivity index (χ2v) is 5.25. The molecule has 2 atom stereocenters. The Kier molecular flexibility index (Phi) is 8.04. The van der Waals surface area contributed by atoms with Gasteiger partial charge in [-0.05, 0) is 31.0 Å². The highest BCUT2D eigenvalue weighted by molar-refractivity contribution is 6.03. The van der Waals surface area contributed by atoms with Gasteiger partial charge in [-0.2, -0.15) is 0 Å². The van der Waals surface area contributed by atoms with Gasteiger partial charge in [0.2, 0.25) is 0 Å². The van der Waals surface area contributed by atoms with Crippen molar-refractivity contribution < 1.29 is 24.0 Å². The van der Waals surface area contributed by atoms with Crippen molar-refractivity contribution in [1.29, 1.82) is 0 Å². The average molecular weight is 377 g/mol. The molecule has 0 aliphatic rings. The highest BCUT2D eigenvalue weighted by Gasteiger charge is 2.25. The van der Waals surface area contributed by atoms with Crippen molar-refractivity contribution in [2.75, 3.05) is 13.1 Å². The van der Waals surface area contributed by atoms with Crippen LogP contribution in [0.25, 0.3) is 20.9 Å². The Morgan fingerprint density at radius 3 is 2.00 bits per heavy atom. The zero-order valence-electron chi connectivity index (χ0n) is 14.4. The van der Waals surface area contributed by atoms with E-state index >= 15 is 0 Å². The maximum atomic E-state index is 12.3. The van der Waals surface area contributed by atoms with E-state index in [-0.39, 0.29) is 24.2 Å². The molecule has 2 unspecified atom stereocenters. The summed E-state index contributed by atoms with van der Waals surface area (Å²) in [7, 11) is 0. The SMILES string of the molecule is CC(CN=[N+]=[N-])OC(=O)c1ccc([N+](=O)[O-])cc1C(=O)OC(C)CN=[N+]=[N-]. The first-order valence-electron chi connectivity index (χ1n) is 7.52. The van der Waals surface area contributed by atoms with Gasteiger partial charge < -0.3 is 9.47 Å². The van der Waals surface area contributed by atoms with Gasteiger partial charge in [-0.15, -0.1) is 0 Å². The van der Waals surface area contributed by atoms with Crippen LogP contribution >= 0.6 is 0 Å². The van der Waals surface area contributed by atoms with Gasteiger partial charge in [0.15, 0.2) is 0 Å². The summed E-state index contributed by atoms with van der Waals surface area (Å²) in [5.41, 5.74) is 15.5. The molecule has 0 aliphatic carbocycles. The lowest BCUT2D eigenvalue weighted by Crippen LogP contribution is -2.23. The van der Waals surface area contributed by atoms with Crippen LogP contribution in [0.5, 0.6) is 0 Å². The standard InChI is InChI=1S/C14H15N7O6/c1-8(6-17-19-15)26-13(22)11-4-3-10(21(24)25)5-12(11)14(23)27-9(2)7-18-20-16/h3-5,8-9H,6-7H2,1-2H3. The second-order valence-electron chi connectivity index (χ2n) is 5.25. The number of hydrogen-bond donors (Lipinski definition) is 0. The van der Waals surface area contributed by atoms with E-state index < -0.39 is 34.8 Å². The molecule has 0 aliphatic heterocycles. The van der Waals surface area contributed by atoms with Crippen LogP contribution in [0.15, 0.2) is 28.4 Å². The maximum absolute atomic E-state index is 12.3. The molecule has 0 heterocycles. The number of esters is 2. The van der Waals surface area contributed by atoms with E-state index in [4.69, 9.17) is 20.5 Å². The van der Waals surface area contributed by atoms with Crippen LogP contribution in [-0.2, 0) is 9.47 Å². The van der Waals surface area contributed by atoms with Crippen molar-refractivity contribution in [1.82, 2.24) is 0 Å². The first kappa shape index (κ1) is 21.2. The molecule has 27 heavy (non-hydrogen) atoms. The van der Waals surface area contributed by atoms with Crippen LogP contribution in [0, 0.1) is 10.1 Å². The fourth-order valence-electron chi connectivity index (χ4n) is 1.86. The third kappa shape index (κ3) is 6.53. The van der Waals surface area contributed by atoms with Crippen LogP contribution in [-0.4, -0.2) is 42.2 Å². The smallest absolute Gasteiger partial charge is 0.339 e. The van der Waals surface area contributed by atoms with E-state index in [9.17, 15) is 19.7 Å². The van der Waals surface area contributed by atoms with Crippen LogP contribution < -0.4 is 0 Å². The highest BCUT2D eigenvalue weighted by Crippen LogP contribution is 2.21. The molecule has 1 rings (SSSR count). The number of carbonyl (C=O) groups is 2. The summed E-state index contributed by atoms with van der Waals surface area (Å²) < 4.78 is 10.1. The monoisotopic (exact) mass is 377 g/mol. The molecule has 13 nitrogen and oxygen atoms in total. The molecule has 0 radical (unpaired) electrons. The quantitative estimate of drug-likeness (QED) is 0.158. The molecule has 0 N–H and O–H groups in total. The van der Waals surface area contributed by atoms with Crippen molar-refractivity contribution in [3.63, 3.8) is 0 Å². The van der Waals surface area contributed by atoms with Crippen LogP contribution in [0.4, 0.5) is 5.69 Å². The molecule has 0 saturated carbocycles. The molecule has 1 aromatic rings. The van der Waals surface area contributed by atoms with Crippen LogP contribution in [0.2, 0.25) is 0 Å². The predicted molar refractivity (Wildman–Crippen MR) is 90.9 cm³/mol. The number of azide groups is 2. The minimum atomic E-state index is -1.02. The number of hydrogen-bond acceptors (Lipinski definition) is 8. The van der Waals surface area contributed by atoms with E-state index in [0.29, 0.717) is 0 Å². The van der Waals surface area contributed by atoms with Crippen molar-refractivity contribution in [2.45, 2.75) is 26.1 Å². The minimum absolute atomic E-state index is 0.127. The van der Waals surface area contributed by atoms with Gasteiger partial charge in [0.05, 0.1) is 29.1 Å². The Bertz CT molecular complexity index is 829. The Morgan fingerprint density at radius 2 is 1.56 bits per heavy atom. The number of nitrogens with zero attached hydrogens (tertiary/aromatic N) is 7. The number of rotatable bonds is 9. The number of benzene rings is 1. The molecule has 1 aromatic carbocycles. The zero-order chi connectivity index (χ0) is 20.4. The van der Waals surface area contributed by atoms with Crippen molar-refractivity contribution in [3.05, 3.63) is 60.3 Å². The Morgan fingerprint density at radius 1 is 1.07 bits per heavy atom. The molecular weight excluding hydrogens is 362 g/mol. The molecule has 13 heteroatoms. The van der Waals surface area contributed by atoms with E-state index in [1.165, 1.54) is 13.8 Å². The zero-order valence-corrected chi connectivity index (χ0v) is 14.4. The first-order valence-corrected chi connectivity index (χ1v) is 7.52. The summed E-state index contributed by atoms with van der Waals surface area (Å²) in [6.45, 7) is 2.64. The number of nitro groups is 1. The summed E-state index contributed by atoms with van der Waals surface area (Å²) in [4.78, 5) is 39.9. The summed E-state index contributed by atoms with van der Waals surface area (Å²) in [6, 6.07) is 2.99. The molecule has 0 amide bonds. The Hall–Kier alpha value is -3.82. The molecule has 0 aromatic heterocycles. The normalized spacial score (nSPS) is 11.9. The van der Waals surface area contributed by atoms with Gasteiger partial charge in [-0.1, -0.05) is 10.2 Å². The van der Waals surface area contributed by atoms with Gasteiger partial charge in [-0.3, -0.25) is 10.1 Å². The number of carbonyl (C=O) groups excluding carboxylic acids is 2. The Balaban J connectivity index is 3.14. The van der Waals surface area contributed by atoms with Crippen molar-refractivity contribution >= 4 is 17.6 Å². The molecule has 0 spiro atoms. The fraction of sp³-hybridized carbons (Fsp3) is 0.429. The fourth-order valence-corrected chi connectivity index (χ4v) is 1.86. The summed E-state index contributed by atoms with van der Waals surface area (Å²) in [6.07, 6.45) is -1.60. The number of nitro benzene ring substituents is 1. The van der Waals surface area contributed by atoms with Gasteiger partial charge in [0, 0.05) is 22.0 Å². The predicted octanol–water partition coefficient (Wildman–Crippen LogP) is 3.31. The van der Waals surface area contributed by atoms with Crippen LogP contribution in [0.1, 0.15) is 34.6 Å². The van der Waals surface area contributed by atoms with Gasteiger partial charge >= 0.3 is 11.9 Å². The third-order valence-electron chi connectivity index (χ3n) is 3.07. The van der Waals surface area contributed by atoms with Crippen molar-refractivity contribution in [3.8, 4) is 0 Å². The summed E-state index contributed by atoms with van der Waals surface area (Å²) in [5.74, 6) is -1.96. The van der Waals surface area contributed by atoms with Gasteiger partial charge in [-0.25, -0.2) is 9.59 Å². The van der Waals surface area contributed by atoms with Crippen LogP contribution in [0.3, 0.4) is 0 Å². The lowest BCUT2D eigenvalue weighted by Gasteiger charge is -2.15.